The number of ether oxygens (including phenoxy) is 1. The predicted octanol–water partition coefficient (Wildman–Crippen LogP) is 3.73. The second-order valence-corrected chi connectivity index (χ2v) is 8.36. The third kappa shape index (κ3) is 7.32. The standard InChI is InChI=1S/C23H36N4O2.HI/c1-4-24-23(25-15-18(3)29-21-11-7-8-17(2)14-21)26-20-12-13-27(16-20)22(28)19-9-5-6-10-19;/h7-8,11,14,18-20H,4-6,9-10,12-13,15-16H2,1-3H3,(H2,24,25,26);1H. The molecule has 2 unspecified atom stereocenters. The summed E-state index contributed by atoms with van der Waals surface area (Å²) in [6, 6.07) is 8.34. The van der Waals surface area contributed by atoms with Crippen molar-refractivity contribution in [1.82, 2.24) is 15.5 Å². The summed E-state index contributed by atoms with van der Waals surface area (Å²) in [5.74, 6) is 2.29. The molecule has 1 heterocycles. The molecule has 1 amide bonds. The molecule has 0 radical (unpaired) electrons. The fourth-order valence-electron chi connectivity index (χ4n) is 4.20. The van der Waals surface area contributed by atoms with Crippen LogP contribution in [0.15, 0.2) is 29.3 Å². The maximum Gasteiger partial charge on any atom is 0.225 e. The predicted molar refractivity (Wildman–Crippen MR) is 133 cm³/mol. The Morgan fingerprint density at radius 3 is 2.77 bits per heavy atom. The minimum absolute atomic E-state index is 0. The molecule has 0 bridgehead atoms. The SMILES string of the molecule is CCNC(=NCC(C)Oc1cccc(C)c1)NC1CCN(C(=O)C2CCCC2)C1.I. The fraction of sp³-hybridized carbons (Fsp3) is 0.652. The van der Waals surface area contributed by atoms with Crippen LogP contribution in [0.3, 0.4) is 0 Å². The van der Waals surface area contributed by atoms with E-state index in [-0.39, 0.29) is 42.0 Å². The number of nitrogens with one attached hydrogen (secondary N) is 2. The van der Waals surface area contributed by atoms with E-state index in [2.05, 4.69) is 30.5 Å². The highest BCUT2D eigenvalue weighted by Crippen LogP contribution is 2.27. The zero-order valence-electron chi connectivity index (χ0n) is 18.5. The third-order valence-electron chi connectivity index (χ3n) is 5.72. The van der Waals surface area contributed by atoms with Crippen molar-refractivity contribution in [2.75, 3.05) is 26.2 Å². The molecular formula is C23H37IN4O2. The molecule has 1 aliphatic carbocycles. The Labute approximate surface area is 198 Å². The van der Waals surface area contributed by atoms with Crippen LogP contribution in [-0.2, 0) is 4.79 Å². The average Bonchev–Trinajstić information content (AvgIpc) is 3.38. The van der Waals surface area contributed by atoms with Gasteiger partial charge in [0, 0.05) is 31.6 Å². The molecule has 1 aliphatic heterocycles. The summed E-state index contributed by atoms with van der Waals surface area (Å²) in [7, 11) is 0. The van der Waals surface area contributed by atoms with Gasteiger partial charge in [-0.05, 0) is 57.7 Å². The van der Waals surface area contributed by atoms with Crippen LogP contribution >= 0.6 is 24.0 Å². The number of benzene rings is 1. The molecule has 7 heteroatoms. The summed E-state index contributed by atoms with van der Waals surface area (Å²) in [6.45, 7) is 9.15. The summed E-state index contributed by atoms with van der Waals surface area (Å²) in [5, 5.41) is 6.83. The Morgan fingerprint density at radius 1 is 1.30 bits per heavy atom. The molecule has 2 N–H and O–H groups in total. The summed E-state index contributed by atoms with van der Waals surface area (Å²) in [5.41, 5.74) is 1.19. The quantitative estimate of drug-likeness (QED) is 0.322. The van der Waals surface area contributed by atoms with Crippen LogP contribution in [0.1, 0.15) is 51.5 Å². The lowest BCUT2D eigenvalue weighted by Gasteiger charge is -2.22. The first-order valence-corrected chi connectivity index (χ1v) is 11.1. The van der Waals surface area contributed by atoms with Gasteiger partial charge >= 0.3 is 0 Å². The highest BCUT2D eigenvalue weighted by Gasteiger charge is 2.32. The number of hydrogen-bond donors (Lipinski definition) is 2. The van der Waals surface area contributed by atoms with Crippen LogP contribution in [0.25, 0.3) is 0 Å². The third-order valence-corrected chi connectivity index (χ3v) is 5.72. The fourth-order valence-corrected chi connectivity index (χ4v) is 4.20. The lowest BCUT2D eigenvalue weighted by atomic mass is 10.1. The maximum absolute atomic E-state index is 12.7. The average molecular weight is 528 g/mol. The normalized spacial score (nSPS) is 20.6. The molecule has 1 saturated carbocycles. The maximum atomic E-state index is 12.7. The Balaban J connectivity index is 0.00000320. The molecule has 6 nitrogen and oxygen atoms in total. The number of likely N-dealkylation sites (tertiary alicyclic amines) is 1. The van der Waals surface area contributed by atoms with E-state index >= 15 is 0 Å². The molecule has 2 atom stereocenters. The number of rotatable bonds is 7. The lowest BCUT2D eigenvalue weighted by Crippen LogP contribution is -2.45. The zero-order chi connectivity index (χ0) is 20.6. The molecule has 3 rings (SSSR count). The molecule has 168 valence electrons. The number of aryl methyl sites for hydroxylation is 1. The first-order chi connectivity index (χ1) is 14.0. The van der Waals surface area contributed by atoms with Gasteiger partial charge in [0.05, 0.1) is 6.54 Å². The van der Waals surface area contributed by atoms with Gasteiger partial charge in [-0.15, -0.1) is 24.0 Å². The Bertz CT molecular complexity index is 706. The first-order valence-electron chi connectivity index (χ1n) is 11.1. The molecule has 1 saturated heterocycles. The van der Waals surface area contributed by atoms with Crippen molar-refractivity contribution >= 4 is 35.8 Å². The van der Waals surface area contributed by atoms with Gasteiger partial charge < -0.3 is 20.3 Å². The Kier molecular flexibility index (Phi) is 10.2. The van der Waals surface area contributed by atoms with Crippen molar-refractivity contribution in [2.24, 2.45) is 10.9 Å². The smallest absolute Gasteiger partial charge is 0.225 e. The summed E-state index contributed by atoms with van der Waals surface area (Å²) in [6.07, 6.45) is 5.49. The molecule has 2 aliphatic rings. The largest absolute Gasteiger partial charge is 0.489 e. The minimum atomic E-state index is -0.0173. The highest BCUT2D eigenvalue weighted by atomic mass is 127. The monoisotopic (exact) mass is 528 g/mol. The van der Waals surface area contributed by atoms with Gasteiger partial charge in [-0.25, -0.2) is 4.99 Å². The van der Waals surface area contributed by atoms with Gasteiger partial charge in [0.1, 0.15) is 11.9 Å². The van der Waals surface area contributed by atoms with Crippen LogP contribution in [0.5, 0.6) is 5.75 Å². The van der Waals surface area contributed by atoms with Crippen LogP contribution in [0.4, 0.5) is 0 Å². The van der Waals surface area contributed by atoms with E-state index in [0.717, 1.165) is 50.6 Å². The van der Waals surface area contributed by atoms with Crippen molar-refractivity contribution < 1.29 is 9.53 Å². The van der Waals surface area contributed by atoms with Gasteiger partial charge in [-0.1, -0.05) is 25.0 Å². The first kappa shape index (κ1) is 24.8. The van der Waals surface area contributed by atoms with E-state index in [0.29, 0.717) is 12.5 Å². The molecular weight excluding hydrogens is 491 g/mol. The summed E-state index contributed by atoms with van der Waals surface area (Å²) < 4.78 is 5.98. The van der Waals surface area contributed by atoms with Crippen molar-refractivity contribution in [3.05, 3.63) is 29.8 Å². The number of nitrogens with zero attached hydrogens (tertiary/aromatic N) is 2. The van der Waals surface area contributed by atoms with Crippen LogP contribution in [-0.4, -0.2) is 55.1 Å². The number of amides is 1. The lowest BCUT2D eigenvalue weighted by molar-refractivity contribution is -0.134. The van der Waals surface area contributed by atoms with Gasteiger partial charge in [-0.2, -0.15) is 0 Å². The van der Waals surface area contributed by atoms with E-state index in [1.54, 1.807) is 0 Å². The van der Waals surface area contributed by atoms with E-state index in [1.165, 1.54) is 18.4 Å². The van der Waals surface area contributed by atoms with Crippen molar-refractivity contribution in [3.63, 3.8) is 0 Å². The number of halogens is 1. The van der Waals surface area contributed by atoms with E-state index in [9.17, 15) is 4.79 Å². The van der Waals surface area contributed by atoms with E-state index in [4.69, 9.17) is 9.73 Å². The molecule has 30 heavy (non-hydrogen) atoms. The van der Waals surface area contributed by atoms with Crippen LogP contribution in [0.2, 0.25) is 0 Å². The number of hydrogen-bond acceptors (Lipinski definition) is 3. The number of carbonyl (C=O) groups excluding carboxylic acids is 1. The second kappa shape index (κ2) is 12.4. The van der Waals surface area contributed by atoms with Gasteiger partial charge in [0.2, 0.25) is 5.91 Å². The molecule has 0 spiro atoms. The summed E-state index contributed by atoms with van der Waals surface area (Å²) in [4.78, 5) is 19.4. The van der Waals surface area contributed by atoms with Crippen molar-refractivity contribution in [2.45, 2.75) is 65.0 Å². The Morgan fingerprint density at radius 2 is 2.07 bits per heavy atom. The van der Waals surface area contributed by atoms with Crippen molar-refractivity contribution in [3.8, 4) is 5.75 Å². The van der Waals surface area contributed by atoms with Gasteiger partial charge in [0.25, 0.3) is 0 Å². The topological polar surface area (TPSA) is 66.0 Å². The number of carbonyl (C=O) groups is 1. The van der Waals surface area contributed by atoms with E-state index < -0.39 is 0 Å². The van der Waals surface area contributed by atoms with Crippen LogP contribution < -0.4 is 15.4 Å². The summed E-state index contributed by atoms with van der Waals surface area (Å²) >= 11 is 0. The molecule has 0 aromatic heterocycles. The highest BCUT2D eigenvalue weighted by molar-refractivity contribution is 14.0. The molecule has 1 aromatic carbocycles. The van der Waals surface area contributed by atoms with E-state index in [1.807, 2.05) is 30.0 Å². The number of aliphatic imine (C=N–C) groups is 1. The van der Waals surface area contributed by atoms with Crippen molar-refractivity contribution in [1.29, 1.82) is 0 Å². The second-order valence-electron chi connectivity index (χ2n) is 8.36. The van der Waals surface area contributed by atoms with Gasteiger partial charge in [-0.3, -0.25) is 4.79 Å². The molecule has 1 aromatic rings. The zero-order valence-corrected chi connectivity index (χ0v) is 20.9. The van der Waals surface area contributed by atoms with Crippen LogP contribution in [0, 0.1) is 12.8 Å². The Hall–Kier alpha value is -1.51. The van der Waals surface area contributed by atoms with Gasteiger partial charge in [0.15, 0.2) is 5.96 Å². The molecule has 2 fully saturated rings. The minimum Gasteiger partial charge on any atom is -0.489 e. The number of guanidine groups is 1.